The van der Waals surface area contributed by atoms with E-state index in [0.29, 0.717) is 6.54 Å². The topological polar surface area (TPSA) is 61.4 Å². The van der Waals surface area contributed by atoms with Crippen molar-refractivity contribution in [1.82, 2.24) is 20.2 Å². The van der Waals surface area contributed by atoms with Gasteiger partial charge in [-0.1, -0.05) is 17.7 Å². The maximum absolute atomic E-state index is 13.7. The number of nitrogens with one attached hydrogen (secondary N) is 1. The fourth-order valence-corrected chi connectivity index (χ4v) is 3.31. The van der Waals surface area contributed by atoms with Gasteiger partial charge in [0.25, 0.3) is 0 Å². The number of amides is 1. The van der Waals surface area contributed by atoms with E-state index in [4.69, 9.17) is 11.6 Å². The highest BCUT2D eigenvalue weighted by molar-refractivity contribution is 6.31. The lowest BCUT2D eigenvalue weighted by atomic mass is 10.1. The van der Waals surface area contributed by atoms with Gasteiger partial charge >= 0.3 is 0 Å². The Morgan fingerprint density at radius 3 is 2.59 bits per heavy atom. The van der Waals surface area contributed by atoms with Crippen LogP contribution >= 0.6 is 11.6 Å². The van der Waals surface area contributed by atoms with Gasteiger partial charge in [0.15, 0.2) is 0 Å². The molecule has 1 N–H and O–H groups in total. The molecule has 0 unspecified atom stereocenters. The predicted molar refractivity (Wildman–Crippen MR) is 103 cm³/mol. The number of halogens is 2. The van der Waals surface area contributed by atoms with Crippen LogP contribution in [-0.4, -0.2) is 60.0 Å². The van der Waals surface area contributed by atoms with E-state index in [9.17, 15) is 9.18 Å². The largest absolute Gasteiger partial charge is 0.356 e. The molecule has 1 saturated heterocycles. The summed E-state index contributed by atoms with van der Waals surface area (Å²) in [7, 11) is 0. The van der Waals surface area contributed by atoms with Crippen molar-refractivity contribution >= 4 is 23.5 Å². The Bertz CT molecular complexity index is 733. The molecule has 2 heterocycles. The van der Waals surface area contributed by atoms with Gasteiger partial charge in [0, 0.05) is 55.7 Å². The Labute approximate surface area is 163 Å². The molecule has 1 aliphatic rings. The van der Waals surface area contributed by atoms with Crippen LogP contribution in [0.2, 0.25) is 5.02 Å². The molecule has 0 radical (unpaired) electrons. The molecule has 0 spiro atoms. The third-order valence-corrected chi connectivity index (χ3v) is 4.93. The van der Waals surface area contributed by atoms with E-state index in [-0.39, 0.29) is 22.9 Å². The summed E-state index contributed by atoms with van der Waals surface area (Å²) in [6.07, 6.45) is 4.32. The second-order valence-corrected chi connectivity index (χ2v) is 6.87. The van der Waals surface area contributed by atoms with Crippen molar-refractivity contribution in [2.75, 3.05) is 44.2 Å². The van der Waals surface area contributed by atoms with E-state index in [0.717, 1.165) is 45.1 Å². The number of nitrogens with zero attached hydrogens (tertiary/aromatic N) is 4. The van der Waals surface area contributed by atoms with Crippen LogP contribution in [0.3, 0.4) is 0 Å². The molecule has 0 saturated carbocycles. The SMILES string of the molecule is O=C(Cc1c(F)cccc1Cl)NCCCN1CCN(c2ncccn2)CC1. The maximum Gasteiger partial charge on any atom is 0.225 e. The fourth-order valence-electron chi connectivity index (χ4n) is 3.08. The average molecular weight is 392 g/mol. The zero-order valence-electron chi connectivity index (χ0n) is 15.1. The quantitative estimate of drug-likeness (QED) is 0.733. The van der Waals surface area contributed by atoms with E-state index < -0.39 is 5.82 Å². The highest BCUT2D eigenvalue weighted by atomic mass is 35.5. The first kappa shape index (κ1) is 19.5. The molecule has 0 atom stereocenters. The van der Waals surface area contributed by atoms with Gasteiger partial charge in [0.05, 0.1) is 6.42 Å². The molecule has 144 valence electrons. The summed E-state index contributed by atoms with van der Waals surface area (Å²) in [5.74, 6) is 0.113. The Morgan fingerprint density at radius 2 is 1.89 bits per heavy atom. The van der Waals surface area contributed by atoms with Gasteiger partial charge in [0.1, 0.15) is 5.82 Å². The number of hydrogen-bond donors (Lipinski definition) is 1. The molecule has 2 aromatic rings. The predicted octanol–water partition coefficient (Wildman–Crippen LogP) is 2.14. The standard InChI is InChI=1S/C19H23ClFN5O/c20-16-4-1-5-17(21)15(16)14-18(27)22-8-3-9-25-10-12-26(13-11-25)19-23-6-2-7-24-19/h1-2,4-7H,3,8-14H2,(H,22,27). The van der Waals surface area contributed by atoms with E-state index in [2.05, 4.69) is 25.1 Å². The Balaban J connectivity index is 1.33. The number of carbonyl (C=O) groups excluding carboxylic acids is 1. The number of anilines is 1. The normalized spacial score (nSPS) is 15.0. The molecule has 1 aromatic heterocycles. The van der Waals surface area contributed by atoms with Crippen molar-refractivity contribution in [3.63, 3.8) is 0 Å². The average Bonchev–Trinajstić information content (AvgIpc) is 2.69. The monoisotopic (exact) mass is 391 g/mol. The number of rotatable bonds is 7. The van der Waals surface area contributed by atoms with E-state index in [1.807, 2.05) is 6.07 Å². The molecule has 3 rings (SSSR count). The Hall–Kier alpha value is -2.25. The second-order valence-electron chi connectivity index (χ2n) is 6.46. The summed E-state index contributed by atoms with van der Waals surface area (Å²) < 4.78 is 13.7. The molecule has 27 heavy (non-hydrogen) atoms. The second kappa shape index (κ2) is 9.62. The number of aromatic nitrogens is 2. The zero-order chi connectivity index (χ0) is 19.1. The van der Waals surface area contributed by atoms with Crippen molar-refractivity contribution in [3.05, 3.63) is 53.1 Å². The van der Waals surface area contributed by atoms with Gasteiger partial charge in [-0.15, -0.1) is 0 Å². The number of carbonyl (C=O) groups is 1. The molecular weight excluding hydrogens is 369 g/mol. The summed E-state index contributed by atoms with van der Waals surface area (Å²) in [6, 6.07) is 6.25. The van der Waals surface area contributed by atoms with Crippen LogP contribution < -0.4 is 10.2 Å². The Kier molecular flexibility index (Phi) is 6.95. The van der Waals surface area contributed by atoms with Crippen LogP contribution in [0.4, 0.5) is 10.3 Å². The van der Waals surface area contributed by atoms with Crippen molar-refractivity contribution in [2.24, 2.45) is 0 Å². The molecular formula is C19H23ClFN5O. The molecule has 1 aromatic carbocycles. The number of benzene rings is 1. The van der Waals surface area contributed by atoms with Crippen LogP contribution in [0.25, 0.3) is 0 Å². The molecule has 6 nitrogen and oxygen atoms in total. The van der Waals surface area contributed by atoms with Crippen LogP contribution in [-0.2, 0) is 11.2 Å². The highest BCUT2D eigenvalue weighted by Crippen LogP contribution is 2.19. The maximum atomic E-state index is 13.7. The van der Waals surface area contributed by atoms with Crippen LogP contribution in [0, 0.1) is 5.82 Å². The highest BCUT2D eigenvalue weighted by Gasteiger charge is 2.18. The van der Waals surface area contributed by atoms with E-state index in [1.54, 1.807) is 18.5 Å². The van der Waals surface area contributed by atoms with Gasteiger partial charge in [-0.05, 0) is 31.2 Å². The molecule has 8 heteroatoms. The van der Waals surface area contributed by atoms with Crippen LogP contribution in [0.1, 0.15) is 12.0 Å². The van der Waals surface area contributed by atoms with Gasteiger partial charge in [-0.2, -0.15) is 0 Å². The van der Waals surface area contributed by atoms with Gasteiger partial charge < -0.3 is 10.2 Å². The van der Waals surface area contributed by atoms with Crippen molar-refractivity contribution in [1.29, 1.82) is 0 Å². The lowest BCUT2D eigenvalue weighted by Gasteiger charge is -2.34. The van der Waals surface area contributed by atoms with Crippen molar-refractivity contribution in [2.45, 2.75) is 12.8 Å². The third kappa shape index (κ3) is 5.61. The minimum Gasteiger partial charge on any atom is -0.356 e. The minimum atomic E-state index is -0.446. The summed E-state index contributed by atoms with van der Waals surface area (Å²) >= 11 is 5.95. The summed E-state index contributed by atoms with van der Waals surface area (Å²) in [5, 5.41) is 3.12. The zero-order valence-corrected chi connectivity index (χ0v) is 15.8. The summed E-state index contributed by atoms with van der Waals surface area (Å²) in [4.78, 5) is 25.1. The number of hydrogen-bond acceptors (Lipinski definition) is 5. The molecule has 0 aliphatic carbocycles. The molecule has 1 aliphatic heterocycles. The first-order valence-electron chi connectivity index (χ1n) is 9.07. The van der Waals surface area contributed by atoms with Crippen LogP contribution in [0.15, 0.2) is 36.7 Å². The summed E-state index contributed by atoms with van der Waals surface area (Å²) in [6.45, 7) is 5.13. The molecule has 0 bridgehead atoms. The van der Waals surface area contributed by atoms with Gasteiger partial charge in [-0.25, -0.2) is 14.4 Å². The van der Waals surface area contributed by atoms with Gasteiger partial charge in [0.2, 0.25) is 11.9 Å². The van der Waals surface area contributed by atoms with E-state index in [1.165, 1.54) is 12.1 Å². The van der Waals surface area contributed by atoms with Crippen LogP contribution in [0.5, 0.6) is 0 Å². The first-order valence-corrected chi connectivity index (χ1v) is 9.45. The van der Waals surface area contributed by atoms with E-state index >= 15 is 0 Å². The fraction of sp³-hybridized carbons (Fsp3) is 0.421. The molecule has 1 amide bonds. The smallest absolute Gasteiger partial charge is 0.225 e. The molecule has 1 fully saturated rings. The minimum absolute atomic E-state index is 0.0404. The van der Waals surface area contributed by atoms with Gasteiger partial charge in [-0.3, -0.25) is 9.69 Å². The first-order chi connectivity index (χ1) is 13.1. The number of piperazine rings is 1. The van der Waals surface area contributed by atoms with Crippen molar-refractivity contribution in [3.8, 4) is 0 Å². The third-order valence-electron chi connectivity index (χ3n) is 4.58. The lowest BCUT2D eigenvalue weighted by Crippen LogP contribution is -2.47. The van der Waals surface area contributed by atoms with Crippen molar-refractivity contribution < 1.29 is 9.18 Å². The lowest BCUT2D eigenvalue weighted by molar-refractivity contribution is -0.120. The summed E-state index contributed by atoms with van der Waals surface area (Å²) in [5.41, 5.74) is 0.246. The Morgan fingerprint density at radius 1 is 1.15 bits per heavy atom.